The van der Waals surface area contributed by atoms with E-state index in [1.807, 2.05) is 23.1 Å². The molecule has 0 spiro atoms. The van der Waals surface area contributed by atoms with Crippen LogP contribution in [-0.4, -0.2) is 48.0 Å². The smallest absolute Gasteiger partial charge is 0.260 e. The molecule has 0 saturated carbocycles. The van der Waals surface area contributed by atoms with Crippen molar-refractivity contribution in [1.29, 1.82) is 0 Å². The summed E-state index contributed by atoms with van der Waals surface area (Å²) in [7, 11) is 0. The minimum absolute atomic E-state index is 0.00134. The summed E-state index contributed by atoms with van der Waals surface area (Å²) in [6.45, 7) is 2.85. The van der Waals surface area contributed by atoms with E-state index in [0.29, 0.717) is 24.4 Å². The molecular weight excluding hydrogens is 378 g/mol. The van der Waals surface area contributed by atoms with Gasteiger partial charge in [-0.2, -0.15) is 0 Å². The van der Waals surface area contributed by atoms with Gasteiger partial charge in [0.05, 0.1) is 6.61 Å². The number of aryl methyl sites for hydroxylation is 1. The second kappa shape index (κ2) is 10.4. The zero-order valence-corrected chi connectivity index (χ0v) is 17.7. The van der Waals surface area contributed by atoms with Gasteiger partial charge in [-0.15, -0.1) is 0 Å². The Balaban J connectivity index is 1.51. The maximum atomic E-state index is 12.7. The number of carbonyl (C=O) groups is 2. The maximum Gasteiger partial charge on any atom is 0.260 e. The molecule has 1 aliphatic heterocycles. The fraction of sp³-hybridized carbons (Fsp3) is 0.440. The second-order valence-electron chi connectivity index (χ2n) is 8.29. The van der Waals surface area contributed by atoms with Gasteiger partial charge in [-0.25, -0.2) is 0 Å². The highest BCUT2D eigenvalue weighted by atomic mass is 16.5. The van der Waals surface area contributed by atoms with Crippen molar-refractivity contribution in [2.24, 2.45) is 5.41 Å². The Kier molecular flexibility index (Phi) is 7.63. The number of aliphatic hydroxyl groups excluding tert-OH is 1. The van der Waals surface area contributed by atoms with E-state index in [1.165, 1.54) is 12.5 Å². The first kappa shape index (κ1) is 22.0. The van der Waals surface area contributed by atoms with Crippen LogP contribution in [0.3, 0.4) is 0 Å². The summed E-state index contributed by atoms with van der Waals surface area (Å²) in [5, 5.41) is 10.1. The summed E-state index contributed by atoms with van der Waals surface area (Å²) in [6.07, 6.45) is 4.71. The molecule has 0 aromatic heterocycles. The lowest BCUT2D eigenvalue weighted by Gasteiger charge is -2.42. The van der Waals surface area contributed by atoms with Crippen molar-refractivity contribution in [3.63, 3.8) is 0 Å². The maximum absolute atomic E-state index is 12.7. The van der Waals surface area contributed by atoms with Gasteiger partial charge in [0.2, 0.25) is 0 Å². The predicted octanol–water partition coefficient (Wildman–Crippen LogP) is 3.89. The fourth-order valence-electron chi connectivity index (χ4n) is 4.17. The summed E-state index contributed by atoms with van der Waals surface area (Å²) in [6, 6.07) is 17.2. The number of aliphatic hydroxyl groups is 1. The standard InChI is InChI=1S/C25H31NO4/c1-20(28)22-10-12-23(13-11-22)30-17-24(29)26-16-6-15-25(18-26,19-27)14-5-9-21-7-3-2-4-8-21/h2-4,7-8,10-13,27H,5-6,9,14-19H2,1H3. The lowest BCUT2D eigenvalue weighted by Crippen LogP contribution is -2.49. The number of nitrogens with zero attached hydrogens (tertiary/aromatic N) is 1. The SMILES string of the molecule is CC(=O)c1ccc(OCC(=O)N2CCCC(CO)(CCCc3ccccc3)C2)cc1. The number of ether oxygens (including phenoxy) is 1. The number of hydrogen-bond acceptors (Lipinski definition) is 4. The highest BCUT2D eigenvalue weighted by Crippen LogP contribution is 2.35. The van der Waals surface area contributed by atoms with Crippen LogP contribution in [0.25, 0.3) is 0 Å². The summed E-state index contributed by atoms with van der Waals surface area (Å²) in [4.78, 5) is 25.9. The molecule has 1 aliphatic rings. The van der Waals surface area contributed by atoms with Crippen LogP contribution in [0.2, 0.25) is 0 Å². The van der Waals surface area contributed by atoms with E-state index in [2.05, 4.69) is 12.1 Å². The fourth-order valence-corrected chi connectivity index (χ4v) is 4.17. The van der Waals surface area contributed by atoms with Crippen LogP contribution < -0.4 is 4.74 Å². The molecule has 160 valence electrons. The van der Waals surface area contributed by atoms with Gasteiger partial charge in [-0.1, -0.05) is 30.3 Å². The van der Waals surface area contributed by atoms with Crippen LogP contribution in [0, 0.1) is 5.41 Å². The minimum atomic E-state index is -0.230. The predicted molar refractivity (Wildman–Crippen MR) is 117 cm³/mol. The molecule has 1 saturated heterocycles. The van der Waals surface area contributed by atoms with Crippen molar-refractivity contribution in [3.05, 3.63) is 65.7 Å². The Morgan fingerprint density at radius 3 is 2.50 bits per heavy atom. The van der Waals surface area contributed by atoms with Crippen molar-refractivity contribution in [2.45, 2.75) is 39.0 Å². The number of rotatable bonds is 9. The summed E-state index contributed by atoms with van der Waals surface area (Å²) in [5.74, 6) is 0.506. The number of carbonyl (C=O) groups excluding carboxylic acids is 2. The topological polar surface area (TPSA) is 66.8 Å². The third-order valence-corrected chi connectivity index (χ3v) is 5.99. The Morgan fingerprint density at radius 2 is 1.83 bits per heavy atom. The molecule has 30 heavy (non-hydrogen) atoms. The van der Waals surface area contributed by atoms with E-state index in [-0.39, 0.29) is 30.3 Å². The average molecular weight is 410 g/mol. The van der Waals surface area contributed by atoms with Gasteiger partial charge in [0, 0.05) is 24.1 Å². The molecule has 1 N–H and O–H groups in total. The van der Waals surface area contributed by atoms with Crippen molar-refractivity contribution in [2.75, 3.05) is 26.3 Å². The Hall–Kier alpha value is -2.66. The summed E-state index contributed by atoms with van der Waals surface area (Å²) < 4.78 is 5.63. The number of likely N-dealkylation sites (tertiary alicyclic amines) is 1. The van der Waals surface area contributed by atoms with Gasteiger partial charge in [0.25, 0.3) is 5.91 Å². The third kappa shape index (κ3) is 5.92. The first-order valence-corrected chi connectivity index (χ1v) is 10.7. The van der Waals surface area contributed by atoms with E-state index in [0.717, 1.165) is 32.1 Å². The van der Waals surface area contributed by atoms with Crippen LogP contribution in [0.1, 0.15) is 48.5 Å². The number of amides is 1. The van der Waals surface area contributed by atoms with E-state index in [1.54, 1.807) is 24.3 Å². The minimum Gasteiger partial charge on any atom is -0.484 e. The van der Waals surface area contributed by atoms with Crippen molar-refractivity contribution >= 4 is 11.7 Å². The number of piperidine rings is 1. The van der Waals surface area contributed by atoms with Crippen LogP contribution in [-0.2, 0) is 11.2 Å². The van der Waals surface area contributed by atoms with Crippen LogP contribution in [0.4, 0.5) is 0 Å². The van der Waals surface area contributed by atoms with Gasteiger partial charge in [-0.05, 0) is 68.9 Å². The zero-order chi connectivity index (χ0) is 21.4. The Morgan fingerprint density at radius 1 is 1.10 bits per heavy atom. The molecule has 1 atom stereocenters. The first-order valence-electron chi connectivity index (χ1n) is 10.7. The molecular formula is C25H31NO4. The summed E-state index contributed by atoms with van der Waals surface area (Å²) >= 11 is 0. The normalized spacial score (nSPS) is 18.8. The van der Waals surface area contributed by atoms with Gasteiger partial charge in [-0.3, -0.25) is 9.59 Å². The number of Topliss-reactive ketones (excluding diaryl/α,β-unsaturated/α-hetero) is 1. The van der Waals surface area contributed by atoms with E-state index in [4.69, 9.17) is 4.74 Å². The van der Waals surface area contributed by atoms with Crippen molar-refractivity contribution in [3.8, 4) is 5.75 Å². The second-order valence-corrected chi connectivity index (χ2v) is 8.29. The highest BCUT2D eigenvalue weighted by Gasteiger charge is 2.36. The largest absolute Gasteiger partial charge is 0.484 e. The van der Waals surface area contributed by atoms with E-state index in [9.17, 15) is 14.7 Å². The molecule has 1 heterocycles. The number of ketones is 1. The molecule has 2 aromatic rings. The molecule has 1 fully saturated rings. The molecule has 5 nitrogen and oxygen atoms in total. The molecule has 0 aliphatic carbocycles. The monoisotopic (exact) mass is 409 g/mol. The number of benzene rings is 2. The quantitative estimate of drug-likeness (QED) is 0.638. The van der Waals surface area contributed by atoms with Crippen molar-refractivity contribution in [1.82, 2.24) is 4.90 Å². The van der Waals surface area contributed by atoms with Gasteiger partial charge >= 0.3 is 0 Å². The third-order valence-electron chi connectivity index (χ3n) is 5.99. The molecule has 1 amide bonds. The molecule has 1 unspecified atom stereocenters. The highest BCUT2D eigenvalue weighted by molar-refractivity contribution is 5.94. The van der Waals surface area contributed by atoms with E-state index < -0.39 is 0 Å². The molecule has 2 aromatic carbocycles. The average Bonchev–Trinajstić information content (AvgIpc) is 2.78. The molecule has 0 bridgehead atoms. The Labute approximate surface area is 178 Å². The van der Waals surface area contributed by atoms with Crippen molar-refractivity contribution < 1.29 is 19.4 Å². The molecule has 5 heteroatoms. The van der Waals surface area contributed by atoms with Gasteiger partial charge < -0.3 is 14.7 Å². The van der Waals surface area contributed by atoms with Crippen LogP contribution in [0.5, 0.6) is 5.75 Å². The van der Waals surface area contributed by atoms with Gasteiger partial charge in [0.1, 0.15) is 5.75 Å². The molecule has 3 rings (SSSR count). The van der Waals surface area contributed by atoms with E-state index >= 15 is 0 Å². The molecule has 0 radical (unpaired) electrons. The van der Waals surface area contributed by atoms with Crippen LogP contribution in [0.15, 0.2) is 54.6 Å². The lowest BCUT2D eigenvalue weighted by molar-refractivity contribution is -0.138. The van der Waals surface area contributed by atoms with Crippen LogP contribution >= 0.6 is 0 Å². The Bertz CT molecular complexity index is 834. The van der Waals surface area contributed by atoms with Gasteiger partial charge in [0.15, 0.2) is 12.4 Å². The summed E-state index contributed by atoms with van der Waals surface area (Å²) in [5.41, 5.74) is 1.69. The lowest BCUT2D eigenvalue weighted by atomic mass is 9.76. The first-order chi connectivity index (χ1) is 14.5. The number of hydrogen-bond donors (Lipinski definition) is 1. The zero-order valence-electron chi connectivity index (χ0n) is 17.7.